The second kappa shape index (κ2) is 11.8. The van der Waals surface area contributed by atoms with Crippen molar-refractivity contribution in [1.82, 2.24) is 10.6 Å². The van der Waals surface area contributed by atoms with Crippen LogP contribution in [0.15, 0.2) is 29.9 Å². The number of ether oxygens (including phenoxy) is 1. The number of amides is 1. The summed E-state index contributed by atoms with van der Waals surface area (Å²) in [5.74, 6) is -1.09. The highest BCUT2D eigenvalue weighted by atomic mass is 16.5. The molecular weight excluding hydrogens is 428 g/mol. The number of benzene rings is 1. The van der Waals surface area contributed by atoms with Gasteiger partial charge >= 0.3 is 5.97 Å². The van der Waals surface area contributed by atoms with Crippen LogP contribution in [0.1, 0.15) is 81.5 Å². The zero-order valence-electron chi connectivity index (χ0n) is 21.2. The molecule has 0 unspecified atom stereocenters. The highest BCUT2D eigenvalue weighted by Crippen LogP contribution is 2.31. The maximum absolute atomic E-state index is 12.1. The van der Waals surface area contributed by atoms with Gasteiger partial charge in [-0.15, -0.1) is 0 Å². The number of allylic oxidation sites excluding steroid dienone is 2. The molecule has 6 heteroatoms. The number of carbonyl (C=O) groups excluding carboxylic acids is 1. The first-order valence-electron chi connectivity index (χ1n) is 12.6. The third-order valence-electron chi connectivity index (χ3n) is 7.15. The SMILES string of the molecule is CCC(CC)O[C@@H]1C=C(C(=O)O)C[C@H](NCc2c(C)cc(C3=CCCC3)cc2C)[C@H]1NC(C)=O. The second-order valence-electron chi connectivity index (χ2n) is 9.66. The van der Waals surface area contributed by atoms with Crippen molar-refractivity contribution in [2.24, 2.45) is 0 Å². The molecule has 1 amide bonds. The predicted octanol–water partition coefficient (Wildman–Crippen LogP) is 4.82. The summed E-state index contributed by atoms with van der Waals surface area (Å²) in [5.41, 5.74) is 6.72. The van der Waals surface area contributed by atoms with Gasteiger partial charge in [-0.25, -0.2) is 4.79 Å². The molecule has 1 aromatic rings. The van der Waals surface area contributed by atoms with Gasteiger partial charge in [-0.3, -0.25) is 4.79 Å². The number of hydrogen-bond acceptors (Lipinski definition) is 4. The Bertz CT molecular complexity index is 938. The Morgan fingerprint density at radius 2 is 1.85 bits per heavy atom. The third-order valence-corrected chi connectivity index (χ3v) is 7.15. The van der Waals surface area contributed by atoms with E-state index in [1.54, 1.807) is 6.08 Å². The largest absolute Gasteiger partial charge is 0.478 e. The third kappa shape index (κ3) is 6.36. The first-order chi connectivity index (χ1) is 16.2. The van der Waals surface area contributed by atoms with Crippen LogP contribution in [0.4, 0.5) is 0 Å². The molecule has 0 radical (unpaired) electrons. The fourth-order valence-electron chi connectivity index (χ4n) is 5.19. The van der Waals surface area contributed by atoms with Gasteiger partial charge in [-0.2, -0.15) is 0 Å². The van der Waals surface area contributed by atoms with E-state index in [1.807, 2.05) is 0 Å². The van der Waals surface area contributed by atoms with Crippen LogP contribution in [0.2, 0.25) is 0 Å². The molecule has 0 fully saturated rings. The number of aryl methyl sites for hydroxylation is 2. The molecule has 0 spiro atoms. The molecule has 3 atom stereocenters. The van der Waals surface area contributed by atoms with Crippen LogP contribution in [0, 0.1) is 13.8 Å². The van der Waals surface area contributed by atoms with Crippen LogP contribution in [-0.4, -0.2) is 41.3 Å². The van der Waals surface area contributed by atoms with Crippen LogP contribution < -0.4 is 10.6 Å². The molecule has 6 nitrogen and oxygen atoms in total. The molecule has 0 saturated carbocycles. The topological polar surface area (TPSA) is 87.7 Å². The first kappa shape index (κ1) is 26.2. The van der Waals surface area contributed by atoms with Crippen LogP contribution in [0.25, 0.3) is 5.57 Å². The van der Waals surface area contributed by atoms with Gasteiger partial charge in [-0.05, 0) is 86.3 Å². The molecule has 186 valence electrons. The summed E-state index contributed by atoms with van der Waals surface area (Å²) >= 11 is 0. The monoisotopic (exact) mass is 468 g/mol. The van der Waals surface area contributed by atoms with Crippen molar-refractivity contribution in [3.8, 4) is 0 Å². The summed E-state index contributed by atoms with van der Waals surface area (Å²) in [6, 6.07) is 3.92. The number of carbonyl (C=O) groups is 2. The molecule has 0 saturated heterocycles. The van der Waals surface area contributed by atoms with Gasteiger partial charge in [0.05, 0.1) is 18.2 Å². The highest BCUT2D eigenvalue weighted by Gasteiger charge is 2.37. The number of carboxylic acid groups (broad SMARTS) is 1. The van der Waals surface area contributed by atoms with E-state index in [2.05, 4.69) is 56.5 Å². The van der Waals surface area contributed by atoms with Crippen molar-refractivity contribution < 1.29 is 19.4 Å². The Morgan fingerprint density at radius 3 is 2.38 bits per heavy atom. The van der Waals surface area contributed by atoms with Gasteiger partial charge in [0.1, 0.15) is 0 Å². The van der Waals surface area contributed by atoms with Gasteiger partial charge in [-0.1, -0.05) is 32.1 Å². The standard InChI is InChI=1S/C28H40N2O4/c1-6-23(7-2)34-26-15-22(28(32)33)14-25(27(26)30-19(5)31)29-16-24-17(3)12-21(13-18(24)4)20-10-8-9-11-20/h10,12-13,15,23,25-27,29H,6-9,11,14,16H2,1-5H3,(H,30,31)(H,32,33)/t25-,26+,27+/m0/s1. The molecule has 0 aromatic heterocycles. The van der Waals surface area contributed by atoms with Crippen LogP contribution in [0.5, 0.6) is 0 Å². The summed E-state index contributed by atoms with van der Waals surface area (Å²) in [5, 5.41) is 16.4. The number of nitrogens with one attached hydrogen (secondary N) is 2. The van der Waals surface area contributed by atoms with E-state index in [0.29, 0.717) is 18.5 Å². The van der Waals surface area contributed by atoms with E-state index in [-0.39, 0.29) is 24.1 Å². The second-order valence-corrected chi connectivity index (χ2v) is 9.66. The van der Waals surface area contributed by atoms with Crippen molar-refractivity contribution in [3.63, 3.8) is 0 Å². The zero-order valence-corrected chi connectivity index (χ0v) is 21.2. The molecule has 2 aliphatic rings. The first-order valence-corrected chi connectivity index (χ1v) is 12.6. The Labute approximate surface area is 203 Å². The molecule has 3 N–H and O–H groups in total. The number of aliphatic carboxylic acids is 1. The molecule has 1 aromatic carbocycles. The summed E-state index contributed by atoms with van der Waals surface area (Å²) in [4.78, 5) is 24.0. The van der Waals surface area contributed by atoms with Crippen molar-refractivity contribution in [2.75, 3.05) is 0 Å². The van der Waals surface area contributed by atoms with Crippen molar-refractivity contribution in [1.29, 1.82) is 0 Å². The molecule has 2 aliphatic carbocycles. The maximum Gasteiger partial charge on any atom is 0.331 e. The quantitative estimate of drug-likeness (QED) is 0.458. The smallest absolute Gasteiger partial charge is 0.331 e. The molecular formula is C28H40N2O4. The Hall–Kier alpha value is -2.44. The Balaban J connectivity index is 1.84. The minimum absolute atomic E-state index is 0.00762. The van der Waals surface area contributed by atoms with Gasteiger partial charge in [0.15, 0.2) is 0 Å². The van der Waals surface area contributed by atoms with E-state index in [0.717, 1.165) is 25.7 Å². The average molecular weight is 469 g/mol. The molecule has 34 heavy (non-hydrogen) atoms. The average Bonchev–Trinajstić information content (AvgIpc) is 3.32. The van der Waals surface area contributed by atoms with E-state index in [1.165, 1.54) is 41.2 Å². The summed E-state index contributed by atoms with van der Waals surface area (Å²) in [6.45, 7) is 10.5. The van der Waals surface area contributed by atoms with E-state index < -0.39 is 12.1 Å². The van der Waals surface area contributed by atoms with Crippen LogP contribution in [-0.2, 0) is 20.9 Å². The van der Waals surface area contributed by atoms with Crippen LogP contribution in [0.3, 0.4) is 0 Å². The van der Waals surface area contributed by atoms with Crippen molar-refractivity contribution in [2.45, 2.75) is 104 Å². The highest BCUT2D eigenvalue weighted by molar-refractivity contribution is 5.87. The summed E-state index contributed by atoms with van der Waals surface area (Å²) < 4.78 is 6.29. The fourth-order valence-corrected chi connectivity index (χ4v) is 5.19. The summed E-state index contributed by atoms with van der Waals surface area (Å²) in [7, 11) is 0. The molecule has 0 aliphatic heterocycles. The lowest BCUT2D eigenvalue weighted by Gasteiger charge is -2.38. The predicted molar refractivity (Wildman–Crippen MR) is 136 cm³/mol. The van der Waals surface area contributed by atoms with E-state index in [9.17, 15) is 14.7 Å². The molecule has 0 heterocycles. The van der Waals surface area contributed by atoms with Crippen molar-refractivity contribution >= 4 is 17.4 Å². The lowest BCUT2D eigenvalue weighted by atomic mass is 9.87. The Morgan fingerprint density at radius 1 is 1.18 bits per heavy atom. The maximum atomic E-state index is 12.1. The van der Waals surface area contributed by atoms with Gasteiger partial charge in [0.25, 0.3) is 0 Å². The zero-order chi connectivity index (χ0) is 24.8. The van der Waals surface area contributed by atoms with Crippen molar-refractivity contribution in [3.05, 3.63) is 52.1 Å². The number of carboxylic acids is 1. The normalized spacial score (nSPS) is 22.5. The fraction of sp³-hybridized carbons (Fsp3) is 0.571. The van der Waals surface area contributed by atoms with Gasteiger partial charge in [0, 0.05) is 25.1 Å². The lowest BCUT2D eigenvalue weighted by Crippen LogP contribution is -2.58. The minimum atomic E-state index is -0.937. The van der Waals surface area contributed by atoms with Gasteiger partial charge < -0.3 is 20.5 Å². The summed E-state index contributed by atoms with van der Waals surface area (Å²) in [6.07, 6.45) is 9.03. The Kier molecular flexibility index (Phi) is 9.09. The van der Waals surface area contributed by atoms with Gasteiger partial charge in [0.2, 0.25) is 5.91 Å². The minimum Gasteiger partial charge on any atom is -0.478 e. The van der Waals surface area contributed by atoms with E-state index in [4.69, 9.17) is 4.74 Å². The molecule has 0 bridgehead atoms. The number of hydrogen-bond donors (Lipinski definition) is 3. The van der Waals surface area contributed by atoms with Crippen LogP contribution >= 0.6 is 0 Å². The number of rotatable bonds is 10. The van der Waals surface area contributed by atoms with E-state index >= 15 is 0 Å². The lowest BCUT2D eigenvalue weighted by molar-refractivity contribution is -0.133. The molecule has 3 rings (SSSR count).